The minimum atomic E-state index is -1.52. The van der Waals surface area contributed by atoms with Crippen LogP contribution in [0.25, 0.3) is 0 Å². The topological polar surface area (TPSA) is 406 Å². The van der Waals surface area contributed by atoms with Gasteiger partial charge in [0.2, 0.25) is 0 Å². The zero-order chi connectivity index (χ0) is 63.1. The number of hydrogen-bond acceptors (Lipinski definition) is 21. The molecule has 4 unspecified atom stereocenters. The monoisotopic (exact) mass is 1270 g/mol. The van der Waals surface area contributed by atoms with E-state index >= 15 is 0 Å². The van der Waals surface area contributed by atoms with E-state index in [1.54, 1.807) is 142 Å². The van der Waals surface area contributed by atoms with Crippen molar-refractivity contribution >= 4 is 106 Å². The number of rotatable bonds is 22. The van der Waals surface area contributed by atoms with Crippen molar-refractivity contribution in [3.63, 3.8) is 0 Å². The van der Waals surface area contributed by atoms with E-state index in [1.165, 1.54) is 0 Å². The number of para-hydroxylation sites is 4. The van der Waals surface area contributed by atoms with Crippen LogP contribution in [0.15, 0.2) is 127 Å². The number of esters is 6. The summed E-state index contributed by atoms with van der Waals surface area (Å²) in [6.07, 6.45) is -5.03. The molecule has 0 fully saturated rings. The molecule has 0 spiro atoms. The first-order chi connectivity index (χ1) is 38.6. The molecule has 4 atom stereocenters. The van der Waals surface area contributed by atoms with E-state index in [4.69, 9.17) is 111 Å². The fraction of sp³-hybridized carbons (Fsp3) is 0.370. The van der Waals surface area contributed by atoms with Gasteiger partial charge in [0.25, 0.3) is 0 Å². The van der Waals surface area contributed by atoms with Crippen LogP contribution in [0.2, 0.25) is 0 Å². The van der Waals surface area contributed by atoms with Crippen LogP contribution in [-0.4, -0.2) is 120 Å². The Morgan fingerprint density at radius 3 is 0.976 bits per heavy atom. The van der Waals surface area contributed by atoms with Gasteiger partial charge >= 0.3 is 89.3 Å². The molecule has 7 N–H and O–H groups in total. The normalized spacial score (nSPS) is 10.9. The van der Waals surface area contributed by atoms with Gasteiger partial charge in [-0.1, -0.05) is 80.2 Å². The Labute approximate surface area is 526 Å². The molecule has 25 nitrogen and oxygen atoms in total. The van der Waals surface area contributed by atoms with Crippen molar-refractivity contribution in [2.75, 3.05) is 10.7 Å². The summed E-state index contributed by atoms with van der Waals surface area (Å²) in [5, 5.41) is 53.1. The molecule has 4 aromatic carbocycles. The van der Waals surface area contributed by atoms with Gasteiger partial charge in [0.15, 0.2) is 18.3 Å². The maximum atomic E-state index is 11.7. The van der Waals surface area contributed by atoms with Crippen molar-refractivity contribution < 1.29 is 131 Å². The van der Waals surface area contributed by atoms with E-state index in [1.807, 2.05) is 0 Å². The van der Waals surface area contributed by atoms with Gasteiger partial charge in [0.1, 0.15) is 29.0 Å². The number of carboxylic acids is 4. The zero-order valence-electron chi connectivity index (χ0n) is 45.5. The molecule has 4 aromatic rings. The molecule has 84 heavy (non-hydrogen) atoms. The van der Waals surface area contributed by atoms with Gasteiger partial charge in [0, 0.05) is 32.6 Å². The van der Waals surface area contributed by atoms with Crippen molar-refractivity contribution in [3.05, 3.63) is 131 Å². The number of aliphatic carboxylic acids is 4. The van der Waals surface area contributed by atoms with Crippen molar-refractivity contribution in [1.29, 1.82) is 0 Å². The van der Waals surface area contributed by atoms with Crippen LogP contribution in [0, 0.1) is 15.5 Å². The predicted molar refractivity (Wildman–Crippen MR) is 304 cm³/mol. The quantitative estimate of drug-likeness (QED) is 0.0128. The fourth-order valence-corrected chi connectivity index (χ4v) is 4.93. The molecule has 4 rings (SSSR count). The smallest absolute Gasteiger partial charge is 0.480 e. The number of nitrogens with two attached hydrogens (primary N) is 1. The van der Waals surface area contributed by atoms with Gasteiger partial charge in [0.05, 0.1) is 28.9 Å². The van der Waals surface area contributed by atoms with Gasteiger partial charge in [-0.3, -0.25) is 33.6 Å². The Morgan fingerprint density at radius 1 is 0.500 bits per heavy atom. The molecular formula is C54H67Cl4N2NaO23. The fourth-order valence-electron chi connectivity index (χ4n) is 4.93. The van der Waals surface area contributed by atoms with Gasteiger partial charge in [-0.15, -0.1) is 51.7 Å². The third-order valence-corrected chi connectivity index (χ3v) is 8.73. The molecular weight excluding hydrogens is 1210 g/mol. The van der Waals surface area contributed by atoms with Crippen molar-refractivity contribution in [2.24, 2.45) is 16.5 Å². The maximum Gasteiger partial charge on any atom is 1.00 e. The number of carbonyl (C=O) groups excluding carboxylic acids is 6. The molecule has 0 aliphatic heterocycles. The van der Waals surface area contributed by atoms with Crippen LogP contribution in [0.5, 0.6) is 23.0 Å². The van der Waals surface area contributed by atoms with E-state index in [2.05, 4.69) is 4.74 Å². The second-order valence-corrected chi connectivity index (χ2v) is 17.9. The zero-order valence-corrected chi connectivity index (χ0v) is 50.6. The number of ether oxygens (including phenoxy) is 6. The molecule has 0 amide bonds. The summed E-state index contributed by atoms with van der Waals surface area (Å²) in [5.41, 5.74) is 4.44. The molecule has 30 heteroatoms. The molecule has 0 saturated heterocycles. The number of nitrogens with zero attached hydrogens (tertiary/aromatic N) is 1. The maximum absolute atomic E-state index is 11.7. The molecule has 0 heterocycles. The number of carboxylic acid groups (broad SMARTS) is 4. The third kappa shape index (κ3) is 49.7. The first-order valence-corrected chi connectivity index (χ1v) is 25.7. The number of hydrogen-bond donors (Lipinski definition) is 6. The summed E-state index contributed by atoms with van der Waals surface area (Å²) in [6.45, 7) is 5.98. The SMILES string of the molecule is C.CC(=O)OC(CCC(=O)Oc1ccccc1)C(=O)O.CC(C)(C)C(=O)OC(CCC(=O)Oc1ccccc1)C(=O)O.ClCCl.ClCCl.NC(CCC(=O)Oc1ccccc1)C(=O)O.O=C(CCC(O)C(=O)O)Oc1ccccc1.O=N[O-].[Na+]. The standard InChI is InChI=1S/C16H20O6.C13H14O6.C11H13NO4.C11H12O5.2CH2Cl2.CH4.HNO2.Na/c1-16(2,3)15(20)22-12(14(18)19)9-10-13(17)21-11-7-5-4-6-8-11;1-9(14)18-11(13(16)17)7-8-12(15)19-10-5-3-2-4-6-10;2*12-9(11(14)15)6-7-10(13)16-8-4-2-1-3-5-8;2*2-1-3;;2-1-3;/h4-8,12H,9-10H2,1-3H3,(H,18,19);2-6,11H,7-8H2,1H3,(H,16,17);1-5,9H,6-7,12H2,(H,14,15);1-5,9,12H,6-7H2,(H,14,15);2*1H2;1H4;(H,2,3);/q;;;;;;;;+1/p-1. The minimum absolute atomic E-state index is 0. The first-order valence-electron chi connectivity index (χ1n) is 23.6. The van der Waals surface area contributed by atoms with Crippen LogP contribution in [0.1, 0.15) is 86.5 Å². The Morgan fingerprint density at radius 2 is 0.750 bits per heavy atom. The largest absolute Gasteiger partial charge is 1.00 e. The average molecular weight is 1280 g/mol. The van der Waals surface area contributed by atoms with Gasteiger partial charge in [-0.2, -0.15) is 0 Å². The average Bonchev–Trinajstić information content (AvgIpc) is 3.44. The van der Waals surface area contributed by atoms with E-state index in [-0.39, 0.29) is 99.0 Å². The summed E-state index contributed by atoms with van der Waals surface area (Å²) in [4.78, 5) is 119. The molecule has 0 radical (unpaired) electrons. The first kappa shape index (κ1) is 85.9. The van der Waals surface area contributed by atoms with Crippen molar-refractivity contribution in [1.82, 2.24) is 0 Å². The van der Waals surface area contributed by atoms with Gasteiger partial charge in [-0.25, -0.2) is 14.4 Å². The van der Waals surface area contributed by atoms with Crippen LogP contribution in [0.4, 0.5) is 0 Å². The van der Waals surface area contributed by atoms with E-state index in [9.17, 15) is 47.9 Å². The van der Waals surface area contributed by atoms with Crippen LogP contribution < -0.4 is 54.2 Å². The number of halogens is 4. The number of carbonyl (C=O) groups is 10. The van der Waals surface area contributed by atoms with Crippen molar-refractivity contribution in [3.8, 4) is 23.0 Å². The Kier molecular flexibility index (Phi) is 54.0. The second-order valence-electron chi connectivity index (χ2n) is 16.3. The number of aliphatic hydroxyl groups is 1. The second kappa shape index (κ2) is 52.8. The molecule has 0 aliphatic rings. The summed E-state index contributed by atoms with van der Waals surface area (Å²) < 4.78 is 29.4. The van der Waals surface area contributed by atoms with Crippen molar-refractivity contribution in [2.45, 2.75) is 111 Å². The third-order valence-electron chi connectivity index (χ3n) is 8.73. The van der Waals surface area contributed by atoms with E-state index < -0.39 is 89.5 Å². The van der Waals surface area contributed by atoms with E-state index in [0.29, 0.717) is 23.0 Å². The van der Waals surface area contributed by atoms with Gasteiger partial charge < -0.3 is 69.8 Å². The Bertz CT molecular complexity index is 2430. The molecule has 0 aliphatic carbocycles. The molecule has 460 valence electrons. The minimum Gasteiger partial charge on any atom is -0.480 e. The summed E-state index contributed by atoms with van der Waals surface area (Å²) in [7, 11) is 0. The predicted octanol–water partition coefficient (Wildman–Crippen LogP) is 6.14. The summed E-state index contributed by atoms with van der Waals surface area (Å²) in [5.74, 6) is -6.97. The molecule has 0 aromatic heterocycles. The van der Waals surface area contributed by atoms with E-state index in [0.717, 1.165) is 12.3 Å². The number of benzene rings is 4. The number of alkyl halides is 4. The summed E-state index contributed by atoms with van der Waals surface area (Å²) in [6, 6.07) is 32.9. The molecule has 0 saturated carbocycles. The van der Waals surface area contributed by atoms with Crippen LogP contribution in [0.3, 0.4) is 0 Å². The Balaban J connectivity index is -0.000000314. The van der Waals surface area contributed by atoms with Gasteiger partial charge in [-0.05, 0) is 82.1 Å². The molecule has 0 bridgehead atoms. The van der Waals surface area contributed by atoms with Crippen LogP contribution >= 0.6 is 46.4 Å². The Hall–Kier alpha value is -6.94. The van der Waals surface area contributed by atoms with Crippen LogP contribution in [-0.2, 0) is 57.4 Å². The number of aliphatic hydroxyl groups excluding tert-OH is 1. The summed E-state index contributed by atoms with van der Waals surface area (Å²) >= 11 is 19.1.